The van der Waals surface area contributed by atoms with Gasteiger partial charge in [0.05, 0.1) is 6.33 Å². The summed E-state index contributed by atoms with van der Waals surface area (Å²) in [4.78, 5) is 27.6. The maximum Gasteiger partial charge on any atom is 0.326 e. The van der Waals surface area contributed by atoms with Gasteiger partial charge in [0.1, 0.15) is 6.04 Å². The number of aromatic amines is 1. The molecule has 8 heteroatoms. The summed E-state index contributed by atoms with van der Waals surface area (Å²) in [5, 5.41) is 10.4. The molecule has 0 aromatic carbocycles. The highest BCUT2D eigenvalue weighted by Gasteiger charge is 2.25. The van der Waals surface area contributed by atoms with Gasteiger partial charge in [-0.3, -0.25) is 4.79 Å². The number of H-pyrrole nitrogens is 1. The minimum absolute atomic E-state index is 0.131. The Bertz CT molecular complexity index is 367. The van der Waals surface area contributed by atoms with E-state index in [1.165, 1.54) is 12.5 Å². The Labute approximate surface area is 88.7 Å². The smallest absolute Gasteiger partial charge is 0.326 e. The van der Waals surface area contributed by atoms with Gasteiger partial charge < -0.3 is 15.4 Å². The van der Waals surface area contributed by atoms with Gasteiger partial charge in [-0.05, 0) is 0 Å². The number of carboxylic acid groups (broad SMARTS) is 1. The van der Waals surface area contributed by atoms with Gasteiger partial charge in [-0.2, -0.15) is 8.78 Å². The minimum Gasteiger partial charge on any atom is -0.480 e. The number of carbonyl (C=O) groups is 2. The van der Waals surface area contributed by atoms with E-state index in [0.717, 1.165) is 0 Å². The van der Waals surface area contributed by atoms with Crippen molar-refractivity contribution in [3.8, 4) is 0 Å². The summed E-state index contributed by atoms with van der Waals surface area (Å²) in [5.41, 5.74) is 0.432. The second kappa shape index (κ2) is 5.19. The van der Waals surface area contributed by atoms with Crippen molar-refractivity contribution in [2.75, 3.05) is 0 Å². The van der Waals surface area contributed by atoms with E-state index in [1.807, 2.05) is 0 Å². The number of nitrogens with zero attached hydrogens (tertiary/aromatic N) is 1. The number of nitrogens with one attached hydrogen (secondary N) is 2. The second-order valence-electron chi connectivity index (χ2n) is 2.98. The molecule has 0 aliphatic carbocycles. The number of alkyl halides is 2. The number of imidazole rings is 1. The van der Waals surface area contributed by atoms with Crippen molar-refractivity contribution in [2.45, 2.75) is 18.9 Å². The zero-order chi connectivity index (χ0) is 12.1. The lowest BCUT2D eigenvalue weighted by Crippen LogP contribution is -2.44. The first kappa shape index (κ1) is 12.1. The molecule has 0 aliphatic heterocycles. The number of amides is 1. The summed E-state index contributed by atoms with van der Waals surface area (Å²) in [6.07, 6.45) is -0.690. The van der Waals surface area contributed by atoms with Crippen molar-refractivity contribution in [2.24, 2.45) is 0 Å². The lowest BCUT2D eigenvalue weighted by atomic mass is 10.1. The molecule has 6 nitrogen and oxygen atoms in total. The summed E-state index contributed by atoms with van der Waals surface area (Å²) in [6.45, 7) is 0. The van der Waals surface area contributed by atoms with E-state index < -0.39 is 24.3 Å². The number of rotatable bonds is 5. The third kappa shape index (κ3) is 3.30. The van der Waals surface area contributed by atoms with Crippen LogP contribution < -0.4 is 5.32 Å². The Morgan fingerprint density at radius 2 is 2.25 bits per heavy atom. The monoisotopic (exact) mass is 233 g/mol. The van der Waals surface area contributed by atoms with Crippen LogP contribution >= 0.6 is 0 Å². The topological polar surface area (TPSA) is 95.1 Å². The van der Waals surface area contributed by atoms with E-state index in [9.17, 15) is 18.4 Å². The first-order valence-electron chi connectivity index (χ1n) is 4.29. The van der Waals surface area contributed by atoms with E-state index in [4.69, 9.17) is 5.11 Å². The zero-order valence-corrected chi connectivity index (χ0v) is 7.98. The van der Waals surface area contributed by atoms with Crippen LogP contribution in [-0.2, 0) is 16.0 Å². The van der Waals surface area contributed by atoms with Gasteiger partial charge in [0.25, 0.3) is 5.91 Å². The molecule has 1 aromatic rings. The summed E-state index contributed by atoms with van der Waals surface area (Å²) in [6, 6.07) is -1.40. The third-order valence-electron chi connectivity index (χ3n) is 1.79. The van der Waals surface area contributed by atoms with Crippen LogP contribution in [0.4, 0.5) is 8.78 Å². The highest BCUT2D eigenvalue weighted by molar-refractivity contribution is 5.85. The van der Waals surface area contributed by atoms with Crippen LogP contribution in [0.2, 0.25) is 0 Å². The number of hydrogen-bond acceptors (Lipinski definition) is 3. The van der Waals surface area contributed by atoms with Gasteiger partial charge in [-0.1, -0.05) is 0 Å². The molecular weight excluding hydrogens is 224 g/mol. The van der Waals surface area contributed by atoms with Crippen LogP contribution in [0.15, 0.2) is 12.5 Å². The lowest BCUT2D eigenvalue weighted by Gasteiger charge is -2.12. The molecule has 0 radical (unpaired) electrons. The van der Waals surface area contributed by atoms with E-state index in [1.54, 1.807) is 5.32 Å². The molecule has 0 aliphatic rings. The second-order valence-corrected chi connectivity index (χ2v) is 2.98. The van der Waals surface area contributed by atoms with Gasteiger partial charge in [0.15, 0.2) is 0 Å². The fraction of sp³-hybridized carbons (Fsp3) is 0.375. The fourth-order valence-electron chi connectivity index (χ4n) is 1.05. The Balaban J connectivity index is 2.62. The van der Waals surface area contributed by atoms with E-state index in [0.29, 0.717) is 5.69 Å². The van der Waals surface area contributed by atoms with E-state index >= 15 is 0 Å². The molecule has 1 amide bonds. The molecule has 0 bridgehead atoms. The standard InChI is InChI=1S/C8H9F2N3O3/c9-6(10)7(14)13-5(8(15)16)1-4-2-11-3-12-4/h2-3,5-6H,1H2,(H,11,12)(H,13,14)(H,15,16)/t5-/m0/s1. The third-order valence-corrected chi connectivity index (χ3v) is 1.79. The van der Waals surface area contributed by atoms with Crippen molar-refractivity contribution >= 4 is 11.9 Å². The van der Waals surface area contributed by atoms with E-state index in [2.05, 4.69) is 9.97 Å². The van der Waals surface area contributed by atoms with E-state index in [-0.39, 0.29) is 6.42 Å². The molecule has 1 heterocycles. The summed E-state index contributed by atoms with van der Waals surface area (Å²) >= 11 is 0. The van der Waals surface area contributed by atoms with Crippen molar-refractivity contribution in [3.63, 3.8) is 0 Å². The molecular formula is C8H9F2N3O3. The van der Waals surface area contributed by atoms with Crippen LogP contribution in [0.1, 0.15) is 5.69 Å². The summed E-state index contributed by atoms with van der Waals surface area (Å²) in [5.74, 6) is -2.99. The van der Waals surface area contributed by atoms with Crippen molar-refractivity contribution < 1.29 is 23.5 Å². The summed E-state index contributed by atoms with van der Waals surface area (Å²) in [7, 11) is 0. The summed E-state index contributed by atoms with van der Waals surface area (Å²) < 4.78 is 23.8. The van der Waals surface area contributed by atoms with Crippen molar-refractivity contribution in [3.05, 3.63) is 18.2 Å². The molecule has 1 aromatic heterocycles. The van der Waals surface area contributed by atoms with Crippen LogP contribution in [0.5, 0.6) is 0 Å². The largest absolute Gasteiger partial charge is 0.480 e. The predicted molar refractivity (Wildman–Crippen MR) is 47.9 cm³/mol. The van der Waals surface area contributed by atoms with Crippen LogP contribution in [0, 0.1) is 0 Å². The predicted octanol–water partition coefficient (Wildman–Crippen LogP) is -0.213. The molecule has 0 unspecified atom stereocenters. The molecule has 0 saturated carbocycles. The molecule has 1 atom stereocenters. The Hall–Kier alpha value is -1.99. The van der Waals surface area contributed by atoms with Gasteiger partial charge in [0.2, 0.25) is 0 Å². The normalized spacial score (nSPS) is 12.4. The molecule has 0 spiro atoms. The minimum atomic E-state index is -3.23. The Morgan fingerprint density at radius 1 is 1.56 bits per heavy atom. The van der Waals surface area contributed by atoms with Crippen LogP contribution in [-0.4, -0.2) is 39.4 Å². The number of halogens is 2. The van der Waals surface area contributed by atoms with Crippen LogP contribution in [0.3, 0.4) is 0 Å². The maximum atomic E-state index is 11.9. The molecule has 3 N–H and O–H groups in total. The molecule has 88 valence electrons. The number of aliphatic carboxylic acids is 1. The highest BCUT2D eigenvalue weighted by Crippen LogP contribution is 2.00. The Kier molecular flexibility index (Phi) is 3.92. The van der Waals surface area contributed by atoms with Gasteiger partial charge in [-0.15, -0.1) is 0 Å². The zero-order valence-electron chi connectivity index (χ0n) is 7.98. The van der Waals surface area contributed by atoms with Gasteiger partial charge in [-0.25, -0.2) is 9.78 Å². The quantitative estimate of drug-likeness (QED) is 0.655. The first-order chi connectivity index (χ1) is 7.50. The molecule has 1 rings (SSSR count). The average Bonchev–Trinajstić information content (AvgIpc) is 2.68. The molecule has 0 saturated heterocycles. The number of hydrogen-bond donors (Lipinski definition) is 3. The van der Waals surface area contributed by atoms with Crippen LogP contribution in [0.25, 0.3) is 0 Å². The lowest BCUT2D eigenvalue weighted by molar-refractivity contribution is -0.144. The number of carbonyl (C=O) groups excluding carboxylic acids is 1. The van der Waals surface area contributed by atoms with Crippen molar-refractivity contribution in [1.82, 2.24) is 15.3 Å². The molecule has 16 heavy (non-hydrogen) atoms. The number of aromatic nitrogens is 2. The average molecular weight is 233 g/mol. The maximum absolute atomic E-state index is 11.9. The number of carboxylic acids is 1. The SMILES string of the molecule is O=C(N[C@@H](Cc1cnc[nH]1)C(=O)O)C(F)F. The van der Waals surface area contributed by atoms with Crippen molar-refractivity contribution in [1.29, 1.82) is 0 Å². The molecule has 0 fully saturated rings. The Morgan fingerprint density at radius 3 is 2.69 bits per heavy atom. The van der Waals surface area contributed by atoms with Gasteiger partial charge >= 0.3 is 12.4 Å². The first-order valence-corrected chi connectivity index (χ1v) is 4.29. The highest BCUT2D eigenvalue weighted by atomic mass is 19.3. The van der Waals surface area contributed by atoms with Gasteiger partial charge in [0, 0.05) is 18.3 Å². The fourth-order valence-corrected chi connectivity index (χ4v) is 1.05.